The van der Waals surface area contributed by atoms with E-state index in [1.807, 2.05) is 25.1 Å². The van der Waals surface area contributed by atoms with Gasteiger partial charge in [-0.3, -0.25) is 9.59 Å². The van der Waals surface area contributed by atoms with Crippen molar-refractivity contribution < 1.29 is 18.4 Å². The van der Waals surface area contributed by atoms with E-state index in [4.69, 9.17) is 0 Å². The summed E-state index contributed by atoms with van der Waals surface area (Å²) >= 11 is 0. The predicted molar refractivity (Wildman–Crippen MR) is 109 cm³/mol. The Kier molecular flexibility index (Phi) is 6.15. The number of likely N-dealkylation sites (tertiary alicyclic amines) is 1. The van der Waals surface area contributed by atoms with Gasteiger partial charge in [-0.25, -0.2) is 8.78 Å². The lowest BCUT2D eigenvalue weighted by Crippen LogP contribution is -2.54. The van der Waals surface area contributed by atoms with Crippen molar-refractivity contribution in [1.29, 1.82) is 0 Å². The number of anilines is 2. The van der Waals surface area contributed by atoms with E-state index in [0.29, 0.717) is 0 Å². The first-order valence-corrected chi connectivity index (χ1v) is 9.74. The average Bonchev–Trinajstić information content (AvgIpc) is 2.65. The summed E-state index contributed by atoms with van der Waals surface area (Å²) < 4.78 is 26.3. The fourth-order valence-corrected chi connectivity index (χ4v) is 3.43. The third kappa shape index (κ3) is 4.39. The van der Waals surface area contributed by atoms with Gasteiger partial charge in [-0.2, -0.15) is 0 Å². The summed E-state index contributed by atoms with van der Waals surface area (Å²) in [6, 6.07) is 8.97. The monoisotopic (exact) mass is 401 g/mol. The molecule has 1 heterocycles. The van der Waals surface area contributed by atoms with E-state index in [-0.39, 0.29) is 30.5 Å². The molecule has 1 aliphatic rings. The Hall–Kier alpha value is -2.96. The third-order valence-electron chi connectivity index (χ3n) is 5.30. The number of aryl methyl sites for hydroxylation is 1. The van der Waals surface area contributed by atoms with Crippen molar-refractivity contribution in [2.24, 2.45) is 5.92 Å². The van der Waals surface area contributed by atoms with Crippen molar-refractivity contribution in [2.75, 3.05) is 36.4 Å². The Labute approximate surface area is 169 Å². The molecular weight excluding hydrogens is 376 g/mol. The van der Waals surface area contributed by atoms with Crippen LogP contribution in [0.5, 0.6) is 0 Å². The lowest BCUT2D eigenvalue weighted by atomic mass is 9.97. The first-order valence-electron chi connectivity index (χ1n) is 9.74. The molecule has 2 amide bonds. The first kappa shape index (κ1) is 20.8. The standard InChI is InChI=1S/C22H25F2N3O2/c1-4-26(5-2)17-7-9-20(14(3)10-17)25-21(28)16-12-27(13-16)22(29)15-6-8-18(23)19(24)11-15/h6-11,16H,4-5,12-13H2,1-3H3,(H,25,28). The average molecular weight is 401 g/mol. The highest BCUT2D eigenvalue weighted by atomic mass is 19.2. The molecule has 1 saturated heterocycles. The van der Waals surface area contributed by atoms with Crippen LogP contribution in [-0.2, 0) is 4.79 Å². The first-order chi connectivity index (χ1) is 13.8. The number of carbonyl (C=O) groups excluding carboxylic acids is 2. The maximum atomic E-state index is 13.3. The summed E-state index contributed by atoms with van der Waals surface area (Å²) in [6.07, 6.45) is 0. The second kappa shape index (κ2) is 8.59. The van der Waals surface area contributed by atoms with E-state index in [9.17, 15) is 18.4 Å². The van der Waals surface area contributed by atoms with Crippen molar-refractivity contribution in [3.63, 3.8) is 0 Å². The van der Waals surface area contributed by atoms with Crippen molar-refractivity contribution in [3.8, 4) is 0 Å². The van der Waals surface area contributed by atoms with E-state index < -0.39 is 17.5 Å². The summed E-state index contributed by atoms with van der Waals surface area (Å²) in [4.78, 5) is 28.5. The SMILES string of the molecule is CCN(CC)c1ccc(NC(=O)C2CN(C(=O)c3ccc(F)c(F)c3)C2)c(C)c1. The van der Waals surface area contributed by atoms with Crippen LogP contribution in [0.25, 0.3) is 0 Å². The largest absolute Gasteiger partial charge is 0.372 e. The van der Waals surface area contributed by atoms with Crippen LogP contribution in [0.3, 0.4) is 0 Å². The molecule has 0 saturated carbocycles. The molecule has 0 atom stereocenters. The molecule has 1 fully saturated rings. The minimum atomic E-state index is -1.06. The van der Waals surface area contributed by atoms with Gasteiger partial charge < -0.3 is 15.1 Å². The van der Waals surface area contributed by atoms with E-state index in [0.717, 1.165) is 42.2 Å². The van der Waals surface area contributed by atoms with Crippen molar-refractivity contribution in [3.05, 3.63) is 59.2 Å². The fraction of sp³-hybridized carbons (Fsp3) is 0.364. The van der Waals surface area contributed by atoms with Crippen molar-refractivity contribution in [1.82, 2.24) is 4.90 Å². The number of rotatable bonds is 6. The highest BCUT2D eigenvalue weighted by molar-refractivity contribution is 5.98. The summed E-state index contributed by atoms with van der Waals surface area (Å²) in [5.41, 5.74) is 2.90. The second-order valence-corrected chi connectivity index (χ2v) is 7.20. The molecule has 0 radical (unpaired) electrons. The molecule has 7 heteroatoms. The maximum Gasteiger partial charge on any atom is 0.254 e. The van der Waals surface area contributed by atoms with Gasteiger partial charge in [0.15, 0.2) is 11.6 Å². The van der Waals surface area contributed by atoms with Crippen LogP contribution in [-0.4, -0.2) is 42.9 Å². The summed E-state index contributed by atoms with van der Waals surface area (Å²) in [5.74, 6) is -2.95. The molecule has 0 unspecified atom stereocenters. The molecule has 0 spiro atoms. The van der Waals surface area contributed by atoms with Gasteiger partial charge in [0.05, 0.1) is 5.92 Å². The number of nitrogens with zero attached hydrogens (tertiary/aromatic N) is 2. The van der Waals surface area contributed by atoms with E-state index in [1.165, 1.54) is 11.0 Å². The number of benzene rings is 2. The van der Waals surface area contributed by atoms with Crippen LogP contribution in [0.4, 0.5) is 20.2 Å². The quantitative estimate of drug-likeness (QED) is 0.801. The molecule has 3 rings (SSSR count). The zero-order valence-electron chi connectivity index (χ0n) is 16.8. The lowest BCUT2D eigenvalue weighted by Gasteiger charge is -2.38. The van der Waals surface area contributed by atoms with Gasteiger partial charge in [0.25, 0.3) is 5.91 Å². The van der Waals surface area contributed by atoms with Crippen LogP contribution in [0.2, 0.25) is 0 Å². The third-order valence-corrected chi connectivity index (χ3v) is 5.30. The Morgan fingerprint density at radius 1 is 1.07 bits per heavy atom. The molecule has 154 valence electrons. The smallest absolute Gasteiger partial charge is 0.254 e. The van der Waals surface area contributed by atoms with Crippen LogP contribution < -0.4 is 10.2 Å². The van der Waals surface area contributed by atoms with E-state index in [2.05, 4.69) is 24.1 Å². The van der Waals surface area contributed by atoms with E-state index in [1.54, 1.807) is 0 Å². The van der Waals surface area contributed by atoms with E-state index >= 15 is 0 Å². The van der Waals surface area contributed by atoms with Gasteiger partial charge in [0, 0.05) is 43.1 Å². The Morgan fingerprint density at radius 2 is 1.76 bits per heavy atom. The molecule has 2 aromatic rings. The summed E-state index contributed by atoms with van der Waals surface area (Å²) in [5, 5.41) is 2.93. The lowest BCUT2D eigenvalue weighted by molar-refractivity contribution is -0.123. The van der Waals surface area contributed by atoms with Crippen LogP contribution >= 0.6 is 0 Å². The molecular formula is C22H25F2N3O2. The van der Waals surface area contributed by atoms with Crippen LogP contribution in [0, 0.1) is 24.5 Å². The van der Waals surface area contributed by atoms with Crippen molar-refractivity contribution >= 4 is 23.2 Å². The van der Waals surface area contributed by atoms with Gasteiger partial charge in [0.1, 0.15) is 0 Å². The zero-order chi connectivity index (χ0) is 21.1. The molecule has 0 bridgehead atoms. The Balaban J connectivity index is 1.58. The van der Waals surface area contributed by atoms with Gasteiger partial charge in [0.2, 0.25) is 5.91 Å². The molecule has 0 aromatic heterocycles. The normalized spacial score (nSPS) is 13.8. The topological polar surface area (TPSA) is 52.7 Å². The van der Waals surface area contributed by atoms with Gasteiger partial charge in [-0.1, -0.05) is 0 Å². The van der Waals surface area contributed by atoms with Crippen LogP contribution in [0.15, 0.2) is 36.4 Å². The number of hydrogen-bond donors (Lipinski definition) is 1. The minimum Gasteiger partial charge on any atom is -0.372 e. The number of nitrogens with one attached hydrogen (secondary N) is 1. The minimum absolute atomic E-state index is 0.0746. The van der Waals surface area contributed by atoms with Gasteiger partial charge >= 0.3 is 0 Å². The fourth-order valence-electron chi connectivity index (χ4n) is 3.43. The molecule has 0 aliphatic carbocycles. The second-order valence-electron chi connectivity index (χ2n) is 7.20. The van der Waals surface area contributed by atoms with Crippen LogP contribution in [0.1, 0.15) is 29.8 Å². The number of hydrogen-bond acceptors (Lipinski definition) is 3. The molecule has 1 N–H and O–H groups in total. The van der Waals surface area contributed by atoms with Gasteiger partial charge in [-0.15, -0.1) is 0 Å². The zero-order valence-corrected chi connectivity index (χ0v) is 16.8. The predicted octanol–water partition coefficient (Wildman–Crippen LogP) is 3.83. The maximum absolute atomic E-state index is 13.3. The highest BCUT2D eigenvalue weighted by Crippen LogP contribution is 2.25. The molecule has 29 heavy (non-hydrogen) atoms. The number of carbonyl (C=O) groups is 2. The van der Waals surface area contributed by atoms with Gasteiger partial charge in [-0.05, 0) is 62.7 Å². The summed E-state index contributed by atoms with van der Waals surface area (Å²) in [6.45, 7) is 8.46. The Bertz CT molecular complexity index is 922. The summed E-state index contributed by atoms with van der Waals surface area (Å²) in [7, 11) is 0. The molecule has 2 aromatic carbocycles. The highest BCUT2D eigenvalue weighted by Gasteiger charge is 2.36. The molecule has 1 aliphatic heterocycles. The molecule has 5 nitrogen and oxygen atoms in total. The number of amides is 2. The number of halogens is 2. The van der Waals surface area contributed by atoms with Crippen molar-refractivity contribution in [2.45, 2.75) is 20.8 Å². The Morgan fingerprint density at radius 3 is 2.34 bits per heavy atom.